The summed E-state index contributed by atoms with van der Waals surface area (Å²) in [4.78, 5) is 4.30. The first-order valence-electron chi connectivity index (χ1n) is 5.56. The zero-order valence-electron chi connectivity index (χ0n) is 10.1. The van der Waals surface area contributed by atoms with Gasteiger partial charge < -0.3 is 10.1 Å². The number of benzene rings is 1. The third-order valence-electron chi connectivity index (χ3n) is 2.46. The molecule has 0 amide bonds. The van der Waals surface area contributed by atoms with Crippen LogP contribution in [0.2, 0.25) is 0 Å². The number of ether oxygens (including phenoxy) is 1. The number of aromatic nitrogens is 1. The number of hydrogen-bond acceptors (Lipinski definition) is 4. The van der Waals surface area contributed by atoms with E-state index >= 15 is 0 Å². The maximum Gasteiger partial charge on any atom is 0.213 e. The molecular formula is C14H13N3O. The van der Waals surface area contributed by atoms with E-state index in [1.807, 2.05) is 24.3 Å². The summed E-state index contributed by atoms with van der Waals surface area (Å²) in [5.41, 5.74) is 2.42. The van der Waals surface area contributed by atoms with Crippen molar-refractivity contribution in [1.29, 1.82) is 5.26 Å². The van der Waals surface area contributed by atoms with Gasteiger partial charge in [0.2, 0.25) is 5.88 Å². The number of nitriles is 1. The van der Waals surface area contributed by atoms with Gasteiger partial charge in [0, 0.05) is 11.8 Å². The van der Waals surface area contributed by atoms with Crippen LogP contribution >= 0.6 is 0 Å². The van der Waals surface area contributed by atoms with E-state index in [4.69, 9.17) is 10.00 Å². The van der Waals surface area contributed by atoms with Gasteiger partial charge in [0.1, 0.15) is 0 Å². The SMILES string of the molecule is COc1cccc(CNc2cccc(C#N)c2)n1. The highest BCUT2D eigenvalue weighted by Gasteiger charge is 1.98. The van der Waals surface area contributed by atoms with E-state index in [0.717, 1.165) is 11.4 Å². The Morgan fingerprint density at radius 3 is 2.89 bits per heavy atom. The fourth-order valence-corrected chi connectivity index (χ4v) is 1.56. The molecule has 0 fully saturated rings. The van der Waals surface area contributed by atoms with E-state index in [1.165, 1.54) is 0 Å². The van der Waals surface area contributed by atoms with Crippen LogP contribution in [0.5, 0.6) is 5.88 Å². The summed E-state index contributed by atoms with van der Waals surface area (Å²) in [6.45, 7) is 0.589. The van der Waals surface area contributed by atoms with E-state index in [1.54, 1.807) is 25.3 Å². The van der Waals surface area contributed by atoms with E-state index in [-0.39, 0.29) is 0 Å². The molecule has 0 unspecified atom stereocenters. The van der Waals surface area contributed by atoms with Gasteiger partial charge in [-0.15, -0.1) is 0 Å². The maximum absolute atomic E-state index is 8.81. The van der Waals surface area contributed by atoms with E-state index in [0.29, 0.717) is 18.0 Å². The summed E-state index contributed by atoms with van der Waals surface area (Å²) >= 11 is 0. The maximum atomic E-state index is 8.81. The lowest BCUT2D eigenvalue weighted by atomic mass is 10.2. The van der Waals surface area contributed by atoms with Crippen molar-refractivity contribution in [3.8, 4) is 11.9 Å². The van der Waals surface area contributed by atoms with Crippen LogP contribution in [-0.4, -0.2) is 12.1 Å². The zero-order chi connectivity index (χ0) is 12.8. The lowest BCUT2D eigenvalue weighted by Crippen LogP contribution is -2.02. The Balaban J connectivity index is 2.04. The number of nitrogens with zero attached hydrogens (tertiary/aromatic N) is 2. The molecule has 0 bridgehead atoms. The fourth-order valence-electron chi connectivity index (χ4n) is 1.56. The Kier molecular flexibility index (Phi) is 3.77. The molecule has 0 aliphatic rings. The molecule has 0 atom stereocenters. The van der Waals surface area contributed by atoms with Crippen LogP contribution in [0, 0.1) is 11.3 Å². The predicted molar refractivity (Wildman–Crippen MR) is 69.3 cm³/mol. The van der Waals surface area contributed by atoms with Crippen molar-refractivity contribution in [3.05, 3.63) is 53.7 Å². The van der Waals surface area contributed by atoms with Crippen molar-refractivity contribution in [2.24, 2.45) is 0 Å². The molecule has 18 heavy (non-hydrogen) atoms. The Morgan fingerprint density at radius 1 is 1.28 bits per heavy atom. The number of nitrogens with one attached hydrogen (secondary N) is 1. The van der Waals surface area contributed by atoms with Gasteiger partial charge >= 0.3 is 0 Å². The average molecular weight is 239 g/mol. The smallest absolute Gasteiger partial charge is 0.213 e. The number of methoxy groups -OCH3 is 1. The van der Waals surface area contributed by atoms with Crippen molar-refractivity contribution in [3.63, 3.8) is 0 Å². The van der Waals surface area contributed by atoms with Gasteiger partial charge in [-0.3, -0.25) is 0 Å². The molecule has 1 aromatic heterocycles. The second kappa shape index (κ2) is 5.69. The van der Waals surface area contributed by atoms with Crippen molar-refractivity contribution in [2.75, 3.05) is 12.4 Å². The monoisotopic (exact) mass is 239 g/mol. The minimum atomic E-state index is 0.589. The van der Waals surface area contributed by atoms with Gasteiger partial charge in [0.15, 0.2) is 0 Å². The van der Waals surface area contributed by atoms with Crippen LogP contribution in [0.25, 0.3) is 0 Å². The van der Waals surface area contributed by atoms with Crippen molar-refractivity contribution < 1.29 is 4.74 Å². The molecule has 1 heterocycles. The van der Waals surface area contributed by atoms with E-state index in [2.05, 4.69) is 16.4 Å². The van der Waals surface area contributed by atoms with Crippen molar-refractivity contribution >= 4 is 5.69 Å². The van der Waals surface area contributed by atoms with Gasteiger partial charge in [-0.25, -0.2) is 4.98 Å². The summed E-state index contributed by atoms with van der Waals surface area (Å²) in [7, 11) is 1.59. The van der Waals surface area contributed by atoms with Crippen LogP contribution in [0.4, 0.5) is 5.69 Å². The highest BCUT2D eigenvalue weighted by molar-refractivity contribution is 5.49. The van der Waals surface area contributed by atoms with Crippen LogP contribution in [0.1, 0.15) is 11.3 Å². The molecule has 90 valence electrons. The average Bonchev–Trinajstić information content (AvgIpc) is 2.45. The minimum Gasteiger partial charge on any atom is -0.481 e. The van der Waals surface area contributed by atoms with Crippen molar-refractivity contribution in [1.82, 2.24) is 4.98 Å². The number of pyridine rings is 1. The first-order valence-corrected chi connectivity index (χ1v) is 5.56. The predicted octanol–water partition coefficient (Wildman–Crippen LogP) is 2.57. The second-order valence-electron chi connectivity index (χ2n) is 3.72. The number of anilines is 1. The van der Waals surface area contributed by atoms with E-state index in [9.17, 15) is 0 Å². The van der Waals surface area contributed by atoms with Crippen LogP contribution in [0.3, 0.4) is 0 Å². The Morgan fingerprint density at radius 2 is 2.11 bits per heavy atom. The molecule has 0 aliphatic carbocycles. The molecule has 0 aliphatic heterocycles. The van der Waals surface area contributed by atoms with E-state index < -0.39 is 0 Å². The highest BCUT2D eigenvalue weighted by atomic mass is 16.5. The second-order valence-corrected chi connectivity index (χ2v) is 3.72. The molecule has 1 aromatic carbocycles. The Labute approximate surface area is 106 Å². The molecule has 4 nitrogen and oxygen atoms in total. The Hall–Kier alpha value is -2.54. The van der Waals surface area contributed by atoms with Crippen LogP contribution < -0.4 is 10.1 Å². The third-order valence-corrected chi connectivity index (χ3v) is 2.46. The topological polar surface area (TPSA) is 57.9 Å². The lowest BCUT2D eigenvalue weighted by Gasteiger charge is -2.07. The summed E-state index contributed by atoms with van der Waals surface area (Å²) in [5, 5.41) is 12.0. The molecular weight excluding hydrogens is 226 g/mol. The largest absolute Gasteiger partial charge is 0.481 e. The molecule has 2 aromatic rings. The first-order chi connectivity index (χ1) is 8.81. The van der Waals surface area contributed by atoms with Gasteiger partial charge in [0.25, 0.3) is 0 Å². The first kappa shape index (κ1) is 11.9. The van der Waals surface area contributed by atoms with Crippen molar-refractivity contribution in [2.45, 2.75) is 6.54 Å². The minimum absolute atomic E-state index is 0.589. The van der Waals surface area contributed by atoms with Gasteiger partial charge in [-0.05, 0) is 24.3 Å². The zero-order valence-corrected chi connectivity index (χ0v) is 10.1. The molecule has 0 spiro atoms. The fraction of sp³-hybridized carbons (Fsp3) is 0.143. The molecule has 0 saturated heterocycles. The molecule has 0 radical (unpaired) electrons. The molecule has 4 heteroatoms. The molecule has 0 saturated carbocycles. The summed E-state index contributed by atoms with van der Waals surface area (Å²) < 4.78 is 5.06. The molecule has 2 rings (SSSR count). The number of rotatable bonds is 4. The summed E-state index contributed by atoms with van der Waals surface area (Å²) in [5.74, 6) is 0.597. The lowest BCUT2D eigenvalue weighted by molar-refractivity contribution is 0.396. The normalized spacial score (nSPS) is 9.56. The van der Waals surface area contributed by atoms with Crippen LogP contribution in [0.15, 0.2) is 42.5 Å². The number of hydrogen-bond donors (Lipinski definition) is 1. The van der Waals surface area contributed by atoms with Gasteiger partial charge in [-0.2, -0.15) is 5.26 Å². The highest BCUT2D eigenvalue weighted by Crippen LogP contribution is 2.12. The van der Waals surface area contributed by atoms with Gasteiger partial charge in [-0.1, -0.05) is 12.1 Å². The molecule has 1 N–H and O–H groups in total. The standard InChI is InChI=1S/C14H13N3O/c1-18-14-7-3-6-13(17-14)10-16-12-5-2-4-11(8-12)9-15/h2-8,16H,10H2,1H3. The quantitative estimate of drug-likeness (QED) is 0.890. The third kappa shape index (κ3) is 2.98. The Bertz CT molecular complexity index is 575. The van der Waals surface area contributed by atoms with Crippen LogP contribution in [-0.2, 0) is 6.54 Å². The summed E-state index contributed by atoms with van der Waals surface area (Å²) in [6.07, 6.45) is 0. The summed E-state index contributed by atoms with van der Waals surface area (Å²) in [6, 6.07) is 15.1. The van der Waals surface area contributed by atoms with Gasteiger partial charge in [0.05, 0.1) is 31.0 Å².